The number of amides is 1. The monoisotopic (exact) mass is 278 g/mol. The summed E-state index contributed by atoms with van der Waals surface area (Å²) in [5, 5.41) is 15.8. The molecule has 0 saturated heterocycles. The van der Waals surface area contributed by atoms with E-state index in [4.69, 9.17) is 0 Å². The minimum Gasteiger partial charge on any atom is -0.394 e. The highest BCUT2D eigenvalue weighted by molar-refractivity contribution is 5.77. The molecule has 0 saturated carbocycles. The highest BCUT2D eigenvalue weighted by Gasteiger charge is 2.27. The molecule has 1 atom stereocenters. The van der Waals surface area contributed by atoms with Gasteiger partial charge in [0, 0.05) is 18.5 Å². The predicted octanol–water partition coefficient (Wildman–Crippen LogP) is 1.79. The van der Waals surface area contributed by atoms with Crippen molar-refractivity contribution >= 4 is 5.91 Å². The number of nitrogens with one attached hydrogen (secondary N) is 2. The van der Waals surface area contributed by atoms with Crippen molar-refractivity contribution < 1.29 is 9.90 Å². The average Bonchev–Trinajstić information content (AvgIpc) is 2.38. The molecule has 1 aromatic rings. The Bertz CT molecular complexity index is 426. The molecule has 4 heteroatoms. The van der Waals surface area contributed by atoms with Crippen molar-refractivity contribution in [1.82, 2.24) is 10.6 Å². The largest absolute Gasteiger partial charge is 0.394 e. The molecule has 0 radical (unpaired) electrons. The first-order valence-corrected chi connectivity index (χ1v) is 6.99. The summed E-state index contributed by atoms with van der Waals surface area (Å²) in [6, 6.07) is 9.53. The maximum absolute atomic E-state index is 12.0. The molecule has 3 N–H and O–H groups in total. The van der Waals surface area contributed by atoms with E-state index < -0.39 is 5.54 Å². The van der Waals surface area contributed by atoms with E-state index in [0.717, 1.165) is 5.56 Å². The SMILES string of the molecule is CC(C)(C)NCCC(=O)NC(C)(CO)c1ccccc1. The third kappa shape index (κ3) is 5.31. The molecule has 1 aromatic carbocycles. The zero-order valence-corrected chi connectivity index (χ0v) is 12.9. The third-order valence-corrected chi connectivity index (χ3v) is 3.15. The van der Waals surface area contributed by atoms with Gasteiger partial charge in [0.05, 0.1) is 12.1 Å². The smallest absolute Gasteiger partial charge is 0.222 e. The van der Waals surface area contributed by atoms with Crippen LogP contribution in [-0.4, -0.2) is 29.7 Å². The number of hydrogen-bond donors (Lipinski definition) is 3. The molecule has 112 valence electrons. The quantitative estimate of drug-likeness (QED) is 0.743. The molecule has 0 bridgehead atoms. The van der Waals surface area contributed by atoms with Crippen LogP contribution in [0.4, 0.5) is 0 Å². The Hall–Kier alpha value is -1.39. The average molecular weight is 278 g/mol. The fraction of sp³-hybridized carbons (Fsp3) is 0.562. The van der Waals surface area contributed by atoms with E-state index in [2.05, 4.69) is 31.4 Å². The lowest BCUT2D eigenvalue weighted by Crippen LogP contribution is -2.47. The molecule has 20 heavy (non-hydrogen) atoms. The van der Waals surface area contributed by atoms with Crippen molar-refractivity contribution in [3.05, 3.63) is 35.9 Å². The summed E-state index contributed by atoms with van der Waals surface area (Å²) in [7, 11) is 0. The standard InChI is InChI=1S/C16H26N2O2/c1-15(2,3)17-11-10-14(20)18-16(4,12-19)13-8-6-5-7-9-13/h5-9,17,19H,10-12H2,1-4H3,(H,18,20). The van der Waals surface area contributed by atoms with Crippen LogP contribution in [0.25, 0.3) is 0 Å². The van der Waals surface area contributed by atoms with E-state index >= 15 is 0 Å². The van der Waals surface area contributed by atoms with Gasteiger partial charge in [0.1, 0.15) is 0 Å². The molecular weight excluding hydrogens is 252 g/mol. The molecule has 0 fully saturated rings. The molecule has 0 spiro atoms. The first-order chi connectivity index (χ1) is 9.27. The number of rotatable bonds is 6. The van der Waals surface area contributed by atoms with Gasteiger partial charge >= 0.3 is 0 Å². The molecular formula is C16H26N2O2. The Morgan fingerprint density at radius 3 is 2.25 bits per heavy atom. The Balaban J connectivity index is 2.58. The summed E-state index contributed by atoms with van der Waals surface area (Å²) in [4.78, 5) is 12.0. The Morgan fingerprint density at radius 1 is 1.15 bits per heavy atom. The number of carbonyl (C=O) groups is 1. The normalized spacial score (nSPS) is 14.7. The van der Waals surface area contributed by atoms with E-state index in [0.29, 0.717) is 13.0 Å². The summed E-state index contributed by atoms with van der Waals surface area (Å²) in [5.41, 5.74) is 0.166. The van der Waals surface area contributed by atoms with Gasteiger partial charge in [-0.3, -0.25) is 4.79 Å². The molecule has 1 amide bonds. The zero-order valence-electron chi connectivity index (χ0n) is 12.9. The van der Waals surface area contributed by atoms with Crippen LogP contribution in [-0.2, 0) is 10.3 Å². The van der Waals surface area contributed by atoms with Crippen LogP contribution >= 0.6 is 0 Å². The lowest BCUT2D eigenvalue weighted by Gasteiger charge is -2.29. The van der Waals surface area contributed by atoms with Crippen molar-refractivity contribution in [3.63, 3.8) is 0 Å². The van der Waals surface area contributed by atoms with Crippen LogP contribution in [0, 0.1) is 0 Å². The van der Waals surface area contributed by atoms with Gasteiger partial charge in [0.2, 0.25) is 5.91 Å². The summed E-state index contributed by atoms with van der Waals surface area (Å²) in [6.45, 7) is 8.50. The van der Waals surface area contributed by atoms with Crippen LogP contribution in [0.2, 0.25) is 0 Å². The van der Waals surface area contributed by atoms with Gasteiger partial charge in [-0.2, -0.15) is 0 Å². The molecule has 1 rings (SSSR count). The number of aliphatic hydroxyl groups excluding tert-OH is 1. The second-order valence-electron chi connectivity index (χ2n) is 6.33. The number of hydrogen-bond acceptors (Lipinski definition) is 3. The van der Waals surface area contributed by atoms with Gasteiger partial charge in [0.15, 0.2) is 0 Å². The lowest BCUT2D eigenvalue weighted by molar-refractivity contribution is -0.123. The summed E-state index contributed by atoms with van der Waals surface area (Å²) >= 11 is 0. The zero-order chi connectivity index (χ0) is 15.2. The van der Waals surface area contributed by atoms with Crippen LogP contribution in [0.1, 0.15) is 39.7 Å². The molecule has 1 unspecified atom stereocenters. The highest BCUT2D eigenvalue weighted by atomic mass is 16.3. The second kappa shape index (κ2) is 6.86. The van der Waals surface area contributed by atoms with Crippen LogP contribution < -0.4 is 10.6 Å². The minimum atomic E-state index is -0.736. The summed E-state index contributed by atoms with van der Waals surface area (Å²) < 4.78 is 0. The van der Waals surface area contributed by atoms with Crippen LogP contribution in [0.15, 0.2) is 30.3 Å². The molecule has 0 heterocycles. The topological polar surface area (TPSA) is 61.4 Å². The van der Waals surface area contributed by atoms with E-state index in [1.165, 1.54) is 0 Å². The fourth-order valence-electron chi connectivity index (χ4n) is 1.93. The maximum Gasteiger partial charge on any atom is 0.222 e. The van der Waals surface area contributed by atoms with Crippen LogP contribution in [0.5, 0.6) is 0 Å². The van der Waals surface area contributed by atoms with Crippen molar-refractivity contribution in [2.45, 2.75) is 45.2 Å². The number of carbonyl (C=O) groups excluding carboxylic acids is 1. The summed E-state index contributed by atoms with van der Waals surface area (Å²) in [6.07, 6.45) is 0.389. The van der Waals surface area contributed by atoms with Crippen molar-refractivity contribution in [1.29, 1.82) is 0 Å². The predicted molar refractivity (Wildman–Crippen MR) is 81.4 cm³/mol. The molecule has 0 aliphatic rings. The first-order valence-electron chi connectivity index (χ1n) is 6.99. The number of aliphatic hydroxyl groups is 1. The van der Waals surface area contributed by atoms with Crippen molar-refractivity contribution in [3.8, 4) is 0 Å². The molecule has 0 aliphatic carbocycles. The Labute approximate surface area is 121 Å². The van der Waals surface area contributed by atoms with Gasteiger partial charge in [-0.1, -0.05) is 30.3 Å². The van der Waals surface area contributed by atoms with Gasteiger partial charge < -0.3 is 15.7 Å². The van der Waals surface area contributed by atoms with E-state index in [9.17, 15) is 9.90 Å². The molecule has 0 aliphatic heterocycles. The highest BCUT2D eigenvalue weighted by Crippen LogP contribution is 2.19. The lowest BCUT2D eigenvalue weighted by atomic mass is 9.92. The van der Waals surface area contributed by atoms with Crippen LogP contribution in [0.3, 0.4) is 0 Å². The van der Waals surface area contributed by atoms with Gasteiger partial charge in [-0.25, -0.2) is 0 Å². The van der Waals surface area contributed by atoms with Crippen molar-refractivity contribution in [2.75, 3.05) is 13.2 Å². The van der Waals surface area contributed by atoms with E-state index in [-0.39, 0.29) is 18.1 Å². The maximum atomic E-state index is 12.0. The second-order valence-corrected chi connectivity index (χ2v) is 6.33. The van der Waals surface area contributed by atoms with E-state index in [1.807, 2.05) is 37.3 Å². The molecule has 0 aromatic heterocycles. The van der Waals surface area contributed by atoms with Gasteiger partial charge in [-0.15, -0.1) is 0 Å². The van der Waals surface area contributed by atoms with Gasteiger partial charge in [-0.05, 0) is 33.3 Å². The Morgan fingerprint density at radius 2 is 1.75 bits per heavy atom. The molecule has 4 nitrogen and oxygen atoms in total. The first kappa shape index (κ1) is 16.7. The number of benzene rings is 1. The van der Waals surface area contributed by atoms with Gasteiger partial charge in [0.25, 0.3) is 0 Å². The summed E-state index contributed by atoms with van der Waals surface area (Å²) in [5.74, 6) is -0.0675. The van der Waals surface area contributed by atoms with Crippen molar-refractivity contribution in [2.24, 2.45) is 0 Å². The minimum absolute atomic E-state index is 0.00000815. The fourth-order valence-corrected chi connectivity index (χ4v) is 1.93. The third-order valence-electron chi connectivity index (χ3n) is 3.15. The van der Waals surface area contributed by atoms with E-state index in [1.54, 1.807) is 0 Å². The Kier molecular flexibility index (Phi) is 5.72.